The lowest BCUT2D eigenvalue weighted by Crippen LogP contribution is -2.37. The van der Waals surface area contributed by atoms with Crippen LogP contribution in [0.5, 0.6) is 0 Å². The van der Waals surface area contributed by atoms with Crippen LogP contribution in [0.15, 0.2) is 48.6 Å². The highest BCUT2D eigenvalue weighted by molar-refractivity contribution is 5.99. The lowest BCUT2D eigenvalue weighted by Gasteiger charge is -2.34. The van der Waals surface area contributed by atoms with E-state index in [-0.39, 0.29) is 5.91 Å². The van der Waals surface area contributed by atoms with E-state index in [4.69, 9.17) is 0 Å². The summed E-state index contributed by atoms with van der Waals surface area (Å²) in [7, 11) is 4.29. The van der Waals surface area contributed by atoms with Crippen LogP contribution >= 0.6 is 0 Å². The Kier molecular flexibility index (Phi) is 7.07. The fraction of sp³-hybridized carbons (Fsp3) is 0.450. The Hall–Kier alpha value is -2.07. The molecule has 0 spiro atoms. The summed E-state index contributed by atoms with van der Waals surface area (Å²) in [5, 5.41) is 2.88. The first-order chi connectivity index (χ1) is 11.6. The van der Waals surface area contributed by atoms with E-state index in [1.165, 1.54) is 31.1 Å². The topological polar surface area (TPSA) is 35.6 Å². The summed E-state index contributed by atoms with van der Waals surface area (Å²) in [4.78, 5) is 16.5. The summed E-state index contributed by atoms with van der Waals surface area (Å²) < 4.78 is 0. The number of carbonyl (C=O) groups is 1. The third-order valence-electron chi connectivity index (χ3n) is 4.29. The van der Waals surface area contributed by atoms with E-state index in [0.717, 1.165) is 24.7 Å². The van der Waals surface area contributed by atoms with Gasteiger partial charge in [-0.2, -0.15) is 0 Å². The van der Waals surface area contributed by atoms with Crippen LogP contribution in [-0.2, 0) is 4.79 Å². The molecule has 1 amide bonds. The largest absolute Gasteiger partial charge is 0.372 e. The van der Waals surface area contributed by atoms with E-state index >= 15 is 0 Å². The van der Waals surface area contributed by atoms with Gasteiger partial charge in [0.1, 0.15) is 0 Å². The predicted molar refractivity (Wildman–Crippen MR) is 103 cm³/mol. The van der Waals surface area contributed by atoms with Crippen molar-refractivity contribution in [1.82, 2.24) is 4.90 Å². The van der Waals surface area contributed by atoms with Crippen molar-refractivity contribution in [2.45, 2.75) is 19.8 Å². The van der Waals surface area contributed by atoms with Gasteiger partial charge in [-0.15, -0.1) is 0 Å². The maximum Gasteiger partial charge on any atom is 0.248 e. The molecule has 0 aliphatic carbocycles. The number of hydrogen-bond donors (Lipinski definition) is 1. The van der Waals surface area contributed by atoms with Crippen LogP contribution in [0.4, 0.5) is 11.4 Å². The molecule has 1 aromatic rings. The molecule has 4 heteroatoms. The Morgan fingerprint density at radius 2 is 1.88 bits per heavy atom. The van der Waals surface area contributed by atoms with Gasteiger partial charge in [-0.3, -0.25) is 4.79 Å². The van der Waals surface area contributed by atoms with Crippen LogP contribution in [0.25, 0.3) is 0 Å². The highest BCUT2D eigenvalue weighted by Gasteiger charge is 2.19. The minimum absolute atomic E-state index is 0.106. The fourth-order valence-corrected chi connectivity index (χ4v) is 3.08. The standard InChI is InChI=1S/C20H29N3O/c1-4-5-6-7-20(24)21-18-8-10-19(11-9-18)23-14-12-17(13-15-23)16-22(2)3/h4-11,17H,12-16H2,1-3H3,(H,21,24). The predicted octanol–water partition coefficient (Wildman–Crippen LogP) is 3.54. The smallest absolute Gasteiger partial charge is 0.248 e. The molecule has 0 saturated carbocycles. The molecule has 1 fully saturated rings. The van der Waals surface area contributed by atoms with Gasteiger partial charge in [0, 0.05) is 37.1 Å². The lowest BCUT2D eigenvalue weighted by atomic mass is 9.96. The number of benzene rings is 1. The molecule has 0 aromatic heterocycles. The quantitative estimate of drug-likeness (QED) is 0.641. The molecule has 2 rings (SSSR count). The van der Waals surface area contributed by atoms with Crippen LogP contribution in [-0.4, -0.2) is 44.5 Å². The maximum atomic E-state index is 11.8. The van der Waals surface area contributed by atoms with E-state index in [9.17, 15) is 4.79 Å². The number of amides is 1. The number of anilines is 2. The molecule has 0 unspecified atom stereocenters. The van der Waals surface area contributed by atoms with Gasteiger partial charge in [-0.1, -0.05) is 18.2 Å². The average molecular weight is 327 g/mol. The van der Waals surface area contributed by atoms with Gasteiger partial charge in [-0.25, -0.2) is 0 Å². The van der Waals surface area contributed by atoms with Gasteiger partial charge in [0.25, 0.3) is 0 Å². The number of rotatable bonds is 6. The van der Waals surface area contributed by atoms with Crippen molar-refractivity contribution in [3.05, 3.63) is 48.6 Å². The highest BCUT2D eigenvalue weighted by Crippen LogP contribution is 2.24. The summed E-state index contributed by atoms with van der Waals surface area (Å²) in [6.07, 6.45) is 9.48. The third kappa shape index (κ3) is 5.85. The molecule has 0 bridgehead atoms. The number of allylic oxidation sites excluding steroid dienone is 3. The molecule has 1 N–H and O–H groups in total. The Labute approximate surface area is 145 Å². The van der Waals surface area contributed by atoms with Crippen molar-refractivity contribution in [3.63, 3.8) is 0 Å². The Morgan fingerprint density at radius 3 is 2.46 bits per heavy atom. The third-order valence-corrected chi connectivity index (χ3v) is 4.29. The average Bonchev–Trinajstić information content (AvgIpc) is 2.56. The van der Waals surface area contributed by atoms with Crippen LogP contribution in [0.1, 0.15) is 19.8 Å². The first-order valence-electron chi connectivity index (χ1n) is 8.68. The van der Waals surface area contributed by atoms with Crippen LogP contribution in [0.2, 0.25) is 0 Å². The lowest BCUT2D eigenvalue weighted by molar-refractivity contribution is -0.111. The molecule has 24 heavy (non-hydrogen) atoms. The van der Waals surface area contributed by atoms with Gasteiger partial charge in [-0.05, 0) is 64.0 Å². The monoisotopic (exact) mass is 327 g/mol. The van der Waals surface area contributed by atoms with Crippen molar-refractivity contribution in [1.29, 1.82) is 0 Å². The zero-order valence-corrected chi connectivity index (χ0v) is 15.0. The normalized spacial score (nSPS) is 16.4. The van der Waals surface area contributed by atoms with Crippen LogP contribution in [0, 0.1) is 5.92 Å². The molecule has 0 atom stereocenters. The molecule has 0 radical (unpaired) electrons. The summed E-state index contributed by atoms with van der Waals surface area (Å²) in [5.41, 5.74) is 2.07. The van der Waals surface area contributed by atoms with Gasteiger partial charge in [0.15, 0.2) is 0 Å². The van der Waals surface area contributed by atoms with Crippen molar-refractivity contribution in [2.75, 3.05) is 43.9 Å². The number of nitrogens with zero attached hydrogens (tertiary/aromatic N) is 2. The summed E-state index contributed by atoms with van der Waals surface area (Å²) in [6, 6.07) is 8.14. The van der Waals surface area contributed by atoms with E-state index in [1.54, 1.807) is 6.08 Å². The van der Waals surface area contributed by atoms with Gasteiger partial charge in [0.05, 0.1) is 0 Å². The second-order valence-electron chi connectivity index (χ2n) is 6.61. The second-order valence-corrected chi connectivity index (χ2v) is 6.61. The fourth-order valence-electron chi connectivity index (χ4n) is 3.08. The van der Waals surface area contributed by atoms with Crippen molar-refractivity contribution in [2.24, 2.45) is 5.92 Å². The summed E-state index contributed by atoms with van der Waals surface area (Å²) >= 11 is 0. The van der Waals surface area contributed by atoms with Crippen LogP contribution < -0.4 is 10.2 Å². The number of nitrogens with one attached hydrogen (secondary N) is 1. The number of hydrogen-bond acceptors (Lipinski definition) is 3. The first-order valence-corrected chi connectivity index (χ1v) is 8.68. The Morgan fingerprint density at radius 1 is 1.21 bits per heavy atom. The molecule has 1 heterocycles. The SMILES string of the molecule is CC=CC=CC(=O)Nc1ccc(N2CCC(CN(C)C)CC2)cc1. The minimum Gasteiger partial charge on any atom is -0.372 e. The molecular formula is C20H29N3O. The zero-order chi connectivity index (χ0) is 17.4. The second kappa shape index (κ2) is 9.28. The number of piperidine rings is 1. The van der Waals surface area contributed by atoms with Gasteiger partial charge >= 0.3 is 0 Å². The Bertz CT molecular complexity index is 567. The first kappa shape index (κ1) is 18.3. The molecule has 1 aliphatic rings. The van der Waals surface area contributed by atoms with Crippen molar-refractivity contribution >= 4 is 17.3 Å². The van der Waals surface area contributed by atoms with Gasteiger partial charge < -0.3 is 15.1 Å². The van der Waals surface area contributed by atoms with Gasteiger partial charge in [0.2, 0.25) is 5.91 Å². The van der Waals surface area contributed by atoms with Crippen molar-refractivity contribution in [3.8, 4) is 0 Å². The molecule has 130 valence electrons. The minimum atomic E-state index is -0.106. The van der Waals surface area contributed by atoms with E-state index < -0.39 is 0 Å². The Balaban J connectivity index is 1.85. The van der Waals surface area contributed by atoms with E-state index in [2.05, 4.69) is 41.3 Å². The van der Waals surface area contributed by atoms with E-state index in [1.807, 2.05) is 31.2 Å². The molecular weight excluding hydrogens is 298 g/mol. The number of carbonyl (C=O) groups excluding carboxylic acids is 1. The summed E-state index contributed by atoms with van der Waals surface area (Å²) in [6.45, 7) is 5.32. The van der Waals surface area contributed by atoms with E-state index in [0.29, 0.717) is 0 Å². The zero-order valence-electron chi connectivity index (χ0n) is 15.0. The molecule has 4 nitrogen and oxygen atoms in total. The highest BCUT2D eigenvalue weighted by atomic mass is 16.1. The molecule has 1 saturated heterocycles. The maximum absolute atomic E-state index is 11.8. The molecule has 1 aliphatic heterocycles. The molecule has 1 aromatic carbocycles. The summed E-state index contributed by atoms with van der Waals surface area (Å²) in [5.74, 6) is 0.698. The van der Waals surface area contributed by atoms with Crippen LogP contribution in [0.3, 0.4) is 0 Å². The van der Waals surface area contributed by atoms with Crippen molar-refractivity contribution < 1.29 is 4.79 Å².